The third kappa shape index (κ3) is 6.02. The van der Waals surface area contributed by atoms with Crippen LogP contribution in [0.5, 0.6) is 11.5 Å². The van der Waals surface area contributed by atoms with E-state index >= 15 is 0 Å². The van der Waals surface area contributed by atoms with Crippen LogP contribution < -0.4 is 20.3 Å². The predicted octanol–water partition coefficient (Wildman–Crippen LogP) is 3.25. The van der Waals surface area contributed by atoms with Gasteiger partial charge in [0.25, 0.3) is 11.8 Å². The fourth-order valence-electron chi connectivity index (χ4n) is 2.65. The highest BCUT2D eigenvalue weighted by Crippen LogP contribution is 2.12. The lowest BCUT2D eigenvalue weighted by molar-refractivity contribution is 0.0946. The number of benzene rings is 3. The second kappa shape index (κ2) is 11.1. The minimum Gasteiger partial charge on any atom is -0.497 e. The third-order valence-electron chi connectivity index (χ3n) is 4.40. The van der Waals surface area contributed by atoms with Gasteiger partial charge in [-0.3, -0.25) is 9.59 Å². The molecule has 3 aromatic carbocycles. The van der Waals surface area contributed by atoms with Crippen molar-refractivity contribution < 1.29 is 19.1 Å². The molecule has 0 heterocycles. The van der Waals surface area contributed by atoms with Crippen LogP contribution in [0.3, 0.4) is 0 Å². The molecule has 0 atom stereocenters. The Morgan fingerprint density at radius 1 is 0.688 bits per heavy atom. The van der Waals surface area contributed by atoms with Gasteiger partial charge < -0.3 is 9.47 Å². The van der Waals surface area contributed by atoms with Gasteiger partial charge in [-0.15, -0.1) is 0 Å². The fraction of sp³-hybridized carbons (Fsp3) is 0.0833. The summed E-state index contributed by atoms with van der Waals surface area (Å²) in [6, 6.07) is 22.4. The summed E-state index contributed by atoms with van der Waals surface area (Å²) in [6.07, 6.45) is 1.37. The maximum absolute atomic E-state index is 12.4. The van der Waals surface area contributed by atoms with Crippen molar-refractivity contribution in [2.45, 2.75) is 0 Å². The average Bonchev–Trinajstić information content (AvgIpc) is 2.86. The maximum Gasteiger partial charge on any atom is 0.271 e. The summed E-state index contributed by atoms with van der Waals surface area (Å²) in [5.41, 5.74) is 6.88. The van der Waals surface area contributed by atoms with Crippen molar-refractivity contribution >= 4 is 23.7 Å². The number of rotatable bonds is 8. The van der Waals surface area contributed by atoms with Crippen LogP contribution in [0.1, 0.15) is 26.3 Å². The molecule has 162 valence electrons. The molecule has 0 aliphatic carbocycles. The Morgan fingerprint density at radius 3 is 1.69 bits per heavy atom. The lowest BCUT2D eigenvalue weighted by Crippen LogP contribution is -2.22. The van der Waals surface area contributed by atoms with Crippen LogP contribution in [-0.2, 0) is 0 Å². The standard InChI is InChI=1S/C24H22N4O4/c1-31-20-12-8-18(9-13-20)23(29)27-25-16-22(17-6-4-3-5-7-17)26-28-24(30)19-10-14-21(32-2)15-11-19/h3-16H,1-2H3,(H,27,29)(H,28,30)/b25-16-,26-22-. The quantitative estimate of drug-likeness (QED) is 0.423. The first-order valence-electron chi connectivity index (χ1n) is 9.65. The zero-order valence-electron chi connectivity index (χ0n) is 17.6. The van der Waals surface area contributed by atoms with Crippen LogP contribution in [0.15, 0.2) is 89.1 Å². The molecule has 32 heavy (non-hydrogen) atoms. The summed E-state index contributed by atoms with van der Waals surface area (Å²) in [5.74, 6) is 0.515. The van der Waals surface area contributed by atoms with Gasteiger partial charge in [-0.25, -0.2) is 10.9 Å². The number of hydrogen-bond donors (Lipinski definition) is 2. The van der Waals surface area contributed by atoms with Crippen molar-refractivity contribution in [2.24, 2.45) is 10.2 Å². The lowest BCUT2D eigenvalue weighted by Gasteiger charge is -2.05. The van der Waals surface area contributed by atoms with E-state index < -0.39 is 11.8 Å². The summed E-state index contributed by atoms with van der Waals surface area (Å²) >= 11 is 0. The smallest absolute Gasteiger partial charge is 0.271 e. The second-order valence-corrected chi connectivity index (χ2v) is 6.46. The third-order valence-corrected chi connectivity index (χ3v) is 4.40. The summed E-state index contributed by atoms with van der Waals surface area (Å²) in [6.45, 7) is 0. The number of nitrogens with zero attached hydrogens (tertiary/aromatic N) is 2. The van der Waals surface area contributed by atoms with Gasteiger partial charge >= 0.3 is 0 Å². The number of amides is 2. The molecular weight excluding hydrogens is 408 g/mol. The minimum atomic E-state index is -0.392. The van der Waals surface area contributed by atoms with Gasteiger partial charge in [0.1, 0.15) is 17.2 Å². The van der Waals surface area contributed by atoms with Crippen molar-refractivity contribution in [3.63, 3.8) is 0 Å². The molecule has 0 aromatic heterocycles. The summed E-state index contributed by atoms with van der Waals surface area (Å²) < 4.78 is 10.2. The Balaban J connectivity index is 1.72. The van der Waals surface area contributed by atoms with Gasteiger partial charge in [0.15, 0.2) is 0 Å². The second-order valence-electron chi connectivity index (χ2n) is 6.46. The van der Waals surface area contributed by atoms with Crippen molar-refractivity contribution in [3.05, 3.63) is 95.6 Å². The number of hydrogen-bond acceptors (Lipinski definition) is 6. The van der Waals surface area contributed by atoms with Crippen LogP contribution in [0.2, 0.25) is 0 Å². The number of hydrazone groups is 2. The number of carbonyl (C=O) groups excluding carboxylic acids is 2. The SMILES string of the molecule is COc1ccc(C(=O)N/N=C\C(=N\NC(=O)c2ccc(OC)cc2)c2ccccc2)cc1. The van der Waals surface area contributed by atoms with Crippen molar-refractivity contribution in [3.8, 4) is 11.5 Å². The van der Waals surface area contributed by atoms with Gasteiger partial charge in [0.2, 0.25) is 0 Å². The number of nitrogens with one attached hydrogen (secondary N) is 2. The molecule has 0 fully saturated rings. The molecule has 0 aliphatic heterocycles. The van der Waals surface area contributed by atoms with Gasteiger partial charge in [0.05, 0.1) is 20.4 Å². The summed E-state index contributed by atoms with van der Waals surface area (Å²) in [5, 5.41) is 8.16. The van der Waals surface area contributed by atoms with Crippen LogP contribution in [0, 0.1) is 0 Å². The molecule has 2 amide bonds. The van der Waals surface area contributed by atoms with E-state index in [9.17, 15) is 9.59 Å². The van der Waals surface area contributed by atoms with Crippen LogP contribution in [-0.4, -0.2) is 38.0 Å². The van der Waals surface area contributed by atoms with E-state index in [2.05, 4.69) is 21.1 Å². The molecule has 0 unspecified atom stereocenters. The van der Waals surface area contributed by atoms with E-state index in [1.807, 2.05) is 30.3 Å². The molecule has 0 saturated carbocycles. The van der Waals surface area contributed by atoms with E-state index in [0.717, 1.165) is 0 Å². The highest BCUT2D eigenvalue weighted by atomic mass is 16.5. The molecule has 8 nitrogen and oxygen atoms in total. The Hall–Kier alpha value is -4.46. The lowest BCUT2D eigenvalue weighted by atomic mass is 10.1. The highest BCUT2D eigenvalue weighted by Gasteiger charge is 2.08. The van der Waals surface area contributed by atoms with E-state index in [1.165, 1.54) is 6.21 Å². The zero-order chi connectivity index (χ0) is 22.8. The maximum atomic E-state index is 12.4. The van der Waals surface area contributed by atoms with Crippen molar-refractivity contribution in [1.82, 2.24) is 10.9 Å². The van der Waals surface area contributed by atoms with Crippen LogP contribution >= 0.6 is 0 Å². The van der Waals surface area contributed by atoms with E-state index in [-0.39, 0.29) is 0 Å². The Kier molecular flexibility index (Phi) is 7.69. The normalized spacial score (nSPS) is 11.1. The Bertz CT molecular complexity index is 1110. The van der Waals surface area contributed by atoms with E-state index in [4.69, 9.17) is 9.47 Å². The van der Waals surface area contributed by atoms with Gasteiger partial charge in [-0.2, -0.15) is 10.2 Å². The molecule has 3 rings (SSSR count). The largest absolute Gasteiger partial charge is 0.497 e. The Labute approximate surface area is 185 Å². The van der Waals surface area contributed by atoms with Crippen molar-refractivity contribution in [1.29, 1.82) is 0 Å². The van der Waals surface area contributed by atoms with Gasteiger partial charge in [-0.1, -0.05) is 30.3 Å². The molecule has 0 bridgehead atoms. The average molecular weight is 430 g/mol. The predicted molar refractivity (Wildman–Crippen MR) is 122 cm³/mol. The van der Waals surface area contributed by atoms with E-state index in [1.54, 1.807) is 62.8 Å². The first-order chi connectivity index (χ1) is 15.6. The number of ether oxygens (including phenoxy) is 2. The molecule has 0 radical (unpaired) electrons. The van der Waals surface area contributed by atoms with Crippen molar-refractivity contribution in [2.75, 3.05) is 14.2 Å². The Morgan fingerprint density at radius 2 is 1.19 bits per heavy atom. The summed E-state index contributed by atoms with van der Waals surface area (Å²) in [7, 11) is 3.11. The number of carbonyl (C=O) groups is 2. The molecule has 8 heteroatoms. The summed E-state index contributed by atoms with van der Waals surface area (Å²) in [4.78, 5) is 24.7. The zero-order valence-corrected chi connectivity index (χ0v) is 17.6. The highest BCUT2D eigenvalue weighted by molar-refractivity contribution is 6.38. The molecule has 3 aromatic rings. The minimum absolute atomic E-state index is 0.363. The monoisotopic (exact) mass is 430 g/mol. The van der Waals surface area contributed by atoms with E-state index in [0.29, 0.717) is 33.9 Å². The molecule has 2 N–H and O–H groups in total. The van der Waals surface area contributed by atoms with Gasteiger partial charge in [0, 0.05) is 16.7 Å². The molecule has 0 saturated heterocycles. The van der Waals surface area contributed by atoms with Gasteiger partial charge in [-0.05, 0) is 48.5 Å². The molecule has 0 aliphatic rings. The number of methoxy groups -OCH3 is 2. The molecular formula is C24H22N4O4. The topological polar surface area (TPSA) is 101 Å². The first kappa shape index (κ1) is 22.2. The van der Waals surface area contributed by atoms with Crippen LogP contribution in [0.25, 0.3) is 0 Å². The molecule has 0 spiro atoms. The fourth-order valence-corrected chi connectivity index (χ4v) is 2.65. The first-order valence-corrected chi connectivity index (χ1v) is 9.65. The van der Waals surface area contributed by atoms with Crippen LogP contribution in [0.4, 0.5) is 0 Å².